The first-order valence-corrected chi connectivity index (χ1v) is 19.9. The van der Waals surface area contributed by atoms with E-state index in [1.54, 1.807) is 0 Å². The van der Waals surface area contributed by atoms with Crippen molar-refractivity contribution in [3.63, 3.8) is 0 Å². The van der Waals surface area contributed by atoms with E-state index in [-0.39, 0.29) is 12.5 Å². The zero-order valence-corrected chi connectivity index (χ0v) is 31.3. The Hall–Kier alpha value is -1.22. The van der Waals surface area contributed by atoms with Crippen molar-refractivity contribution < 1.29 is 9.59 Å². The normalized spacial score (nSPS) is 10.9. The van der Waals surface area contributed by atoms with Crippen molar-refractivity contribution >= 4 is 11.8 Å². The van der Waals surface area contributed by atoms with Crippen LogP contribution in [-0.2, 0) is 9.59 Å². The highest BCUT2D eigenvalue weighted by atomic mass is 16.2. The van der Waals surface area contributed by atoms with Crippen LogP contribution < -0.4 is 27.4 Å². The van der Waals surface area contributed by atoms with Gasteiger partial charge < -0.3 is 32.3 Å². The number of hydrogen-bond donors (Lipinski definition) is 5. The second kappa shape index (κ2) is 41.8. The van der Waals surface area contributed by atoms with Crippen LogP contribution in [0, 0.1) is 0 Å². The molecular formula is C38H82N6O2. The molecule has 0 fully saturated rings. The van der Waals surface area contributed by atoms with Crippen LogP contribution in [0.1, 0.15) is 175 Å². The van der Waals surface area contributed by atoms with Crippen LogP contribution in [0.15, 0.2) is 0 Å². The Balaban J connectivity index is 0. The monoisotopic (exact) mass is 655 g/mol. The molecule has 0 atom stereocenters. The van der Waals surface area contributed by atoms with Gasteiger partial charge in [-0.3, -0.25) is 9.59 Å². The van der Waals surface area contributed by atoms with Gasteiger partial charge in [-0.1, -0.05) is 124 Å². The maximum absolute atomic E-state index is 12.7. The summed E-state index contributed by atoms with van der Waals surface area (Å²) >= 11 is 0. The van der Waals surface area contributed by atoms with Crippen molar-refractivity contribution in [1.82, 2.24) is 20.9 Å². The predicted octanol–water partition coefficient (Wildman–Crippen LogP) is 7.44. The average Bonchev–Trinajstić information content (AvgIpc) is 3.07. The number of rotatable bonds is 35. The van der Waals surface area contributed by atoms with Crippen molar-refractivity contribution in [2.45, 2.75) is 175 Å². The van der Waals surface area contributed by atoms with E-state index in [0.717, 1.165) is 71.5 Å². The van der Waals surface area contributed by atoms with Crippen LogP contribution in [0.4, 0.5) is 0 Å². The van der Waals surface area contributed by atoms with Gasteiger partial charge in [-0.15, -0.1) is 0 Å². The van der Waals surface area contributed by atoms with Crippen LogP contribution in [0.25, 0.3) is 0 Å². The van der Waals surface area contributed by atoms with E-state index in [1.165, 1.54) is 128 Å². The summed E-state index contributed by atoms with van der Waals surface area (Å²) in [5.74, 6) is 0.342. The molecule has 2 amide bonds. The lowest BCUT2D eigenvalue weighted by molar-refractivity contribution is -0.131. The lowest BCUT2D eigenvalue weighted by atomic mass is 10.1. The zero-order valence-electron chi connectivity index (χ0n) is 31.3. The Morgan fingerprint density at radius 1 is 0.478 bits per heavy atom. The van der Waals surface area contributed by atoms with Gasteiger partial charge in [0.05, 0.1) is 6.54 Å². The highest BCUT2D eigenvalue weighted by Gasteiger charge is 2.12. The fraction of sp³-hybridized carbons (Fsp3) is 0.947. The summed E-state index contributed by atoms with van der Waals surface area (Å²) in [6.07, 6.45) is 29.9. The van der Waals surface area contributed by atoms with Gasteiger partial charge in [0.25, 0.3) is 0 Å². The van der Waals surface area contributed by atoms with E-state index >= 15 is 0 Å². The largest absolute Gasteiger partial charge is 0.355 e. The van der Waals surface area contributed by atoms with Gasteiger partial charge in [-0.05, 0) is 77.7 Å². The highest BCUT2D eigenvalue weighted by Crippen LogP contribution is 2.13. The standard InChI is InChI=1S/C26H53NO.C12H29N5O/c1-4-7-10-13-16-17-20-23-26(28)27(24-21-18-14-11-8-5-2)25-22-19-15-12-9-6-3;13-5-3-8-15-6-1-2-7-16-9-4-10-17-12(18)11-14/h4-25H2,1-3H3;15-16H,1-11,13-14H2,(H,17,18). The molecule has 8 nitrogen and oxygen atoms in total. The predicted molar refractivity (Wildman–Crippen MR) is 201 cm³/mol. The summed E-state index contributed by atoms with van der Waals surface area (Å²) in [4.78, 5) is 25.8. The van der Waals surface area contributed by atoms with Gasteiger partial charge >= 0.3 is 0 Å². The van der Waals surface area contributed by atoms with Crippen LogP contribution in [0.2, 0.25) is 0 Å². The summed E-state index contributed by atoms with van der Waals surface area (Å²) in [7, 11) is 0. The Morgan fingerprint density at radius 3 is 1.35 bits per heavy atom. The summed E-state index contributed by atoms with van der Waals surface area (Å²) < 4.78 is 0. The molecule has 0 aliphatic rings. The van der Waals surface area contributed by atoms with Gasteiger partial charge in [0, 0.05) is 26.1 Å². The Morgan fingerprint density at radius 2 is 0.891 bits per heavy atom. The lowest BCUT2D eigenvalue weighted by Gasteiger charge is -2.23. The molecule has 0 aromatic carbocycles. The lowest BCUT2D eigenvalue weighted by Crippen LogP contribution is -2.32. The average molecular weight is 655 g/mol. The molecule has 276 valence electrons. The number of amides is 2. The molecule has 0 heterocycles. The second-order valence-corrected chi connectivity index (χ2v) is 13.0. The van der Waals surface area contributed by atoms with E-state index in [1.807, 2.05) is 0 Å². The molecule has 0 rings (SSSR count). The number of unbranched alkanes of at least 4 members (excludes halogenated alkanes) is 17. The number of carbonyl (C=O) groups is 2. The Kier molecular flexibility index (Phi) is 42.6. The number of nitrogens with zero attached hydrogens (tertiary/aromatic N) is 1. The Bertz CT molecular complexity index is 592. The minimum Gasteiger partial charge on any atom is -0.355 e. The van der Waals surface area contributed by atoms with E-state index in [4.69, 9.17) is 11.5 Å². The van der Waals surface area contributed by atoms with E-state index in [9.17, 15) is 9.59 Å². The van der Waals surface area contributed by atoms with Gasteiger partial charge in [0.15, 0.2) is 0 Å². The minimum absolute atomic E-state index is 0.0740. The number of nitrogens with one attached hydrogen (secondary N) is 3. The van der Waals surface area contributed by atoms with Crippen molar-refractivity contribution in [3.8, 4) is 0 Å². The SMILES string of the molecule is CCCCCCCCCC(=O)N(CCCCCCCC)CCCCCCCC.NCCCNCCCCNCCCNC(=O)CN. The number of carbonyl (C=O) groups excluding carboxylic acids is 2. The molecule has 46 heavy (non-hydrogen) atoms. The molecule has 0 radical (unpaired) electrons. The fourth-order valence-corrected chi connectivity index (χ4v) is 5.41. The maximum Gasteiger partial charge on any atom is 0.233 e. The van der Waals surface area contributed by atoms with E-state index < -0.39 is 0 Å². The van der Waals surface area contributed by atoms with Gasteiger partial charge in [-0.2, -0.15) is 0 Å². The van der Waals surface area contributed by atoms with Crippen LogP contribution >= 0.6 is 0 Å². The fourth-order valence-electron chi connectivity index (χ4n) is 5.41. The molecule has 0 unspecified atom stereocenters. The van der Waals surface area contributed by atoms with E-state index in [0.29, 0.717) is 12.5 Å². The molecule has 0 saturated heterocycles. The van der Waals surface area contributed by atoms with E-state index in [2.05, 4.69) is 41.6 Å². The molecule has 0 aromatic rings. The smallest absolute Gasteiger partial charge is 0.233 e. The van der Waals surface area contributed by atoms with Crippen molar-refractivity contribution in [3.05, 3.63) is 0 Å². The first-order valence-electron chi connectivity index (χ1n) is 19.9. The van der Waals surface area contributed by atoms with Crippen molar-refractivity contribution in [1.29, 1.82) is 0 Å². The molecule has 7 N–H and O–H groups in total. The molecule has 0 aliphatic heterocycles. The maximum atomic E-state index is 12.7. The molecule has 0 aromatic heterocycles. The molecule has 0 spiro atoms. The quantitative estimate of drug-likeness (QED) is 0.0453. The Labute approximate surface area is 287 Å². The van der Waals surface area contributed by atoms with Gasteiger partial charge in [0.1, 0.15) is 0 Å². The summed E-state index contributed by atoms with van der Waals surface area (Å²) in [5.41, 5.74) is 10.6. The molecule has 0 aliphatic carbocycles. The number of hydrogen-bond acceptors (Lipinski definition) is 6. The second-order valence-electron chi connectivity index (χ2n) is 13.0. The first kappa shape index (κ1) is 46.9. The molecule has 8 heteroatoms. The first-order chi connectivity index (χ1) is 22.6. The highest BCUT2D eigenvalue weighted by molar-refractivity contribution is 5.77. The van der Waals surface area contributed by atoms with Crippen LogP contribution in [0.5, 0.6) is 0 Å². The third-order valence-electron chi connectivity index (χ3n) is 8.46. The minimum atomic E-state index is -0.0847. The van der Waals surface area contributed by atoms with Crippen LogP contribution in [-0.4, -0.2) is 75.6 Å². The van der Waals surface area contributed by atoms with Crippen molar-refractivity contribution in [2.75, 3.05) is 58.9 Å². The van der Waals surface area contributed by atoms with Gasteiger partial charge in [0.2, 0.25) is 11.8 Å². The molecule has 0 bridgehead atoms. The summed E-state index contributed by atoms with van der Waals surface area (Å²) in [5, 5.41) is 9.44. The molecule has 0 saturated carbocycles. The third-order valence-corrected chi connectivity index (χ3v) is 8.46. The topological polar surface area (TPSA) is 126 Å². The zero-order chi connectivity index (χ0) is 34.2. The number of nitrogens with two attached hydrogens (primary N) is 2. The molecular weight excluding hydrogens is 572 g/mol. The van der Waals surface area contributed by atoms with Gasteiger partial charge in [-0.25, -0.2) is 0 Å². The van der Waals surface area contributed by atoms with Crippen molar-refractivity contribution in [2.24, 2.45) is 11.5 Å². The third kappa shape index (κ3) is 39.0. The summed E-state index contributed by atoms with van der Waals surface area (Å²) in [6.45, 7) is 14.4. The summed E-state index contributed by atoms with van der Waals surface area (Å²) in [6, 6.07) is 0. The van der Waals surface area contributed by atoms with Crippen LogP contribution in [0.3, 0.4) is 0 Å².